The van der Waals surface area contributed by atoms with Gasteiger partial charge in [0, 0.05) is 22.1 Å². The van der Waals surface area contributed by atoms with E-state index < -0.39 is 131 Å². The first-order valence-electron chi connectivity index (χ1n) is 23.6. The lowest BCUT2D eigenvalue weighted by molar-refractivity contribution is 0.633. The Kier molecular flexibility index (Phi) is 3.49. The van der Waals surface area contributed by atoms with Gasteiger partial charge in [0.05, 0.1) is 24.7 Å². The van der Waals surface area contributed by atoms with Crippen LogP contribution in [0.25, 0.3) is 88.3 Å². The molecule has 1 aromatic heterocycles. The summed E-state index contributed by atoms with van der Waals surface area (Å²) in [4.78, 5) is 0. The average molecular weight is 617 g/mol. The van der Waals surface area contributed by atoms with Crippen molar-refractivity contribution in [2.24, 2.45) is 0 Å². The molecule has 0 unspecified atom stereocenters. The summed E-state index contributed by atoms with van der Waals surface area (Å²) in [6, 6.07) is 8.32. The number of hydrogen-bond donors (Lipinski definition) is 0. The van der Waals surface area contributed by atoms with Crippen LogP contribution >= 0.6 is 0 Å². The lowest BCUT2D eigenvalue weighted by atomic mass is 9.84. The van der Waals surface area contributed by atoms with Crippen LogP contribution in [0.3, 0.4) is 0 Å². The third-order valence-corrected chi connectivity index (χ3v) is 8.11. The van der Waals surface area contributed by atoms with E-state index in [-0.39, 0.29) is 49.8 Å². The van der Waals surface area contributed by atoms with Crippen molar-refractivity contribution in [3.05, 3.63) is 182 Å². The first-order chi connectivity index (χ1) is 30.8. The van der Waals surface area contributed by atoms with Crippen molar-refractivity contribution in [2.75, 3.05) is 0 Å². The van der Waals surface area contributed by atoms with Crippen molar-refractivity contribution in [1.82, 2.24) is 0 Å². The van der Waals surface area contributed by atoms with Gasteiger partial charge in [-0.1, -0.05) is 169 Å². The maximum Gasteiger partial charge on any atom is 0.143 e. The van der Waals surface area contributed by atoms with Crippen molar-refractivity contribution >= 4 is 32.5 Å². The van der Waals surface area contributed by atoms with Gasteiger partial charge in [0.1, 0.15) is 11.3 Å². The Morgan fingerprint density at radius 2 is 0.894 bits per heavy atom. The summed E-state index contributed by atoms with van der Waals surface area (Å²) in [5.41, 5.74) is 0.784. The summed E-state index contributed by atoms with van der Waals surface area (Å²) in [5.74, 6) is 0.0515. The fraction of sp³-hybridized carbons (Fsp3) is 0. The summed E-state index contributed by atoms with van der Waals surface area (Å²) in [6.45, 7) is 0. The molecular formula is C46H30O. The molecule has 0 fully saturated rings. The van der Waals surface area contributed by atoms with Gasteiger partial charge in [-0.15, -0.1) is 0 Å². The zero-order valence-electron chi connectivity index (χ0n) is 42.3. The molecule has 0 aliphatic carbocycles. The average Bonchev–Trinajstić information content (AvgIpc) is 3.69. The number of rotatable bonds is 5. The van der Waals surface area contributed by atoms with E-state index in [1.165, 1.54) is 18.2 Å². The third kappa shape index (κ3) is 4.56. The second-order valence-electron chi connectivity index (χ2n) is 10.7. The van der Waals surface area contributed by atoms with Crippen molar-refractivity contribution in [3.63, 3.8) is 0 Å². The van der Waals surface area contributed by atoms with Crippen molar-refractivity contribution < 1.29 is 29.1 Å². The van der Waals surface area contributed by atoms with E-state index in [0.29, 0.717) is 11.1 Å². The van der Waals surface area contributed by atoms with E-state index in [0.717, 1.165) is 5.56 Å². The van der Waals surface area contributed by atoms with Crippen LogP contribution in [-0.4, -0.2) is 0 Å². The molecule has 0 spiro atoms. The maximum absolute atomic E-state index is 9.56. The molecule has 8 aromatic carbocycles. The summed E-state index contributed by atoms with van der Waals surface area (Å²) in [7, 11) is 0. The maximum atomic E-state index is 9.56. The molecule has 0 aliphatic heterocycles. The van der Waals surface area contributed by atoms with Crippen LogP contribution in [-0.2, 0) is 0 Å². The monoisotopic (exact) mass is 616 g/mol. The molecule has 220 valence electrons. The van der Waals surface area contributed by atoms with Gasteiger partial charge in [0.15, 0.2) is 0 Å². The SMILES string of the molecule is [2H]c1c([2H])c([2H])c(-c2ccc3c(-c4c5c([2H])c([2H])c([2H])c([2H])c5c(-c5c([2H])c([2H])c([2H])c([2H])c5[2H])c5c([2H])c([2H])c([2H])c([2H])c45)c(-c4ccccc4-c4ccccc4)oc3c2)c([2H])c1[2H]. The highest BCUT2D eigenvalue weighted by atomic mass is 16.3. The van der Waals surface area contributed by atoms with Crippen LogP contribution in [0, 0.1) is 0 Å². The van der Waals surface area contributed by atoms with E-state index in [1.54, 1.807) is 18.2 Å². The molecule has 0 amide bonds. The van der Waals surface area contributed by atoms with Crippen LogP contribution in [0.1, 0.15) is 24.7 Å². The van der Waals surface area contributed by atoms with Gasteiger partial charge >= 0.3 is 0 Å². The van der Waals surface area contributed by atoms with Crippen LogP contribution in [0.5, 0.6) is 0 Å². The molecule has 1 nitrogen and oxygen atoms in total. The molecule has 0 atom stereocenters. The highest BCUT2D eigenvalue weighted by Crippen LogP contribution is 2.51. The largest absolute Gasteiger partial charge is 0.455 e. The lowest BCUT2D eigenvalue weighted by Gasteiger charge is -2.18. The van der Waals surface area contributed by atoms with Crippen molar-refractivity contribution in [1.29, 1.82) is 0 Å². The highest BCUT2D eigenvalue weighted by molar-refractivity contribution is 6.25. The Morgan fingerprint density at radius 3 is 1.53 bits per heavy atom. The topological polar surface area (TPSA) is 13.1 Å². The number of fused-ring (bicyclic) bond motifs is 3. The summed E-state index contributed by atoms with van der Waals surface area (Å²) in [6.07, 6.45) is 0. The predicted molar refractivity (Wildman–Crippen MR) is 198 cm³/mol. The van der Waals surface area contributed by atoms with Gasteiger partial charge in [-0.3, -0.25) is 0 Å². The Morgan fingerprint density at radius 1 is 0.362 bits per heavy atom. The van der Waals surface area contributed by atoms with E-state index >= 15 is 0 Å². The number of hydrogen-bond acceptors (Lipinski definition) is 1. The Bertz CT molecular complexity index is 3440. The minimum absolute atomic E-state index is 0.0515. The molecule has 9 aromatic rings. The first kappa shape index (κ1) is 14.5. The van der Waals surface area contributed by atoms with Crippen molar-refractivity contribution in [3.8, 4) is 55.8 Å². The first-order valence-corrected chi connectivity index (χ1v) is 14.6. The molecule has 9 rings (SSSR count). The van der Waals surface area contributed by atoms with Crippen LogP contribution in [0.2, 0.25) is 0 Å². The quantitative estimate of drug-likeness (QED) is 0.175. The van der Waals surface area contributed by atoms with Crippen LogP contribution in [0.4, 0.5) is 0 Å². The van der Waals surface area contributed by atoms with E-state index in [4.69, 9.17) is 23.6 Å². The molecule has 0 N–H and O–H groups in total. The molecule has 0 aliphatic rings. The molecule has 1 heteroatoms. The molecular weight excluding hydrogens is 569 g/mol. The normalized spacial score (nSPS) is 16.8. The fourth-order valence-electron chi connectivity index (χ4n) is 6.13. The summed E-state index contributed by atoms with van der Waals surface area (Å²) in [5, 5.41) is -1.20. The van der Waals surface area contributed by atoms with Gasteiger partial charge in [-0.25, -0.2) is 0 Å². The molecule has 47 heavy (non-hydrogen) atoms. The minimum Gasteiger partial charge on any atom is -0.455 e. The van der Waals surface area contributed by atoms with Crippen LogP contribution in [0.15, 0.2) is 186 Å². The minimum atomic E-state index is -0.788. The van der Waals surface area contributed by atoms with E-state index in [2.05, 4.69) is 0 Å². The fourth-order valence-corrected chi connectivity index (χ4v) is 6.13. The second-order valence-corrected chi connectivity index (χ2v) is 10.7. The molecule has 0 radical (unpaired) electrons. The van der Waals surface area contributed by atoms with Gasteiger partial charge in [-0.2, -0.15) is 0 Å². The Hall–Kier alpha value is -6.18. The Labute approximate surface area is 299 Å². The van der Waals surface area contributed by atoms with E-state index in [9.17, 15) is 5.48 Å². The van der Waals surface area contributed by atoms with Crippen LogP contribution < -0.4 is 0 Å². The molecule has 1 heterocycles. The standard InChI is InChI=1S/C46H30O/c1-4-16-31(17-5-1)34-28-29-41-42(30-34)47-46(40-27-15-10-22-35(40)32-18-6-2-7-19-32)45(41)44-38-25-13-11-23-36(38)43(33-20-8-3-9-21-33)37-24-12-14-26-39(37)44/h1-30H/i1D,3D,4D,5D,8D,9D,11D,12D,13D,14D,16D,17D,20D,21D,23D,24D,25D,26D. The van der Waals surface area contributed by atoms with E-state index in [1.807, 2.05) is 36.4 Å². The third-order valence-electron chi connectivity index (χ3n) is 8.11. The molecule has 0 saturated carbocycles. The van der Waals surface area contributed by atoms with Gasteiger partial charge in [-0.05, 0) is 67.1 Å². The number of benzene rings is 8. The zero-order chi connectivity index (χ0) is 46.8. The second kappa shape index (κ2) is 11.3. The lowest BCUT2D eigenvalue weighted by Crippen LogP contribution is -1.92. The molecule has 0 bridgehead atoms. The predicted octanol–water partition coefficient (Wildman–Crippen LogP) is 13.1. The Balaban J connectivity index is 1.58. The molecule has 0 saturated heterocycles. The van der Waals surface area contributed by atoms with Gasteiger partial charge in [0.2, 0.25) is 0 Å². The van der Waals surface area contributed by atoms with Crippen molar-refractivity contribution in [2.45, 2.75) is 0 Å². The van der Waals surface area contributed by atoms with Gasteiger partial charge in [0.25, 0.3) is 0 Å². The van der Waals surface area contributed by atoms with Gasteiger partial charge < -0.3 is 4.42 Å². The zero-order valence-corrected chi connectivity index (χ0v) is 24.3. The summed E-state index contributed by atoms with van der Waals surface area (Å²) >= 11 is 0. The highest BCUT2D eigenvalue weighted by Gasteiger charge is 2.25. The smallest absolute Gasteiger partial charge is 0.143 e. The summed E-state index contributed by atoms with van der Waals surface area (Å²) < 4.78 is 166. The number of furan rings is 1.